The summed E-state index contributed by atoms with van der Waals surface area (Å²) in [7, 11) is 0. The first-order valence-corrected chi connectivity index (χ1v) is 6.24. The maximum absolute atomic E-state index is 13.8. The Balaban J connectivity index is 2.65. The van der Waals surface area contributed by atoms with Gasteiger partial charge in [-0.1, -0.05) is 0 Å². The number of hydrogen-bond acceptors (Lipinski definition) is 4. The van der Waals surface area contributed by atoms with Crippen LogP contribution in [-0.2, 0) is 0 Å². The molecule has 110 valence electrons. The van der Waals surface area contributed by atoms with Gasteiger partial charge < -0.3 is 9.72 Å². The van der Waals surface area contributed by atoms with Gasteiger partial charge in [-0.2, -0.15) is 0 Å². The van der Waals surface area contributed by atoms with Crippen LogP contribution in [0.15, 0.2) is 34.0 Å². The van der Waals surface area contributed by atoms with E-state index in [0.29, 0.717) is 4.57 Å². The van der Waals surface area contributed by atoms with E-state index in [0.717, 1.165) is 12.3 Å². The van der Waals surface area contributed by atoms with E-state index in [1.807, 2.05) is 0 Å². The van der Waals surface area contributed by atoms with Crippen LogP contribution in [0.1, 0.15) is 24.2 Å². The number of benzene rings is 1. The largest absolute Gasteiger partial charge is 0.491 e. The second-order valence-corrected chi connectivity index (χ2v) is 4.25. The molecule has 0 bridgehead atoms. The first-order chi connectivity index (χ1) is 9.95. The highest BCUT2D eigenvalue weighted by Gasteiger charge is 2.14. The quantitative estimate of drug-likeness (QED) is 0.860. The van der Waals surface area contributed by atoms with Crippen LogP contribution in [0.4, 0.5) is 4.39 Å². The zero-order valence-corrected chi connectivity index (χ0v) is 11.5. The van der Waals surface area contributed by atoms with Gasteiger partial charge in [0.05, 0.1) is 17.9 Å². The van der Waals surface area contributed by atoms with E-state index in [-0.39, 0.29) is 23.6 Å². The Morgan fingerprint density at radius 2 is 2.10 bits per heavy atom. The van der Waals surface area contributed by atoms with Gasteiger partial charge in [-0.05, 0) is 26.0 Å². The van der Waals surface area contributed by atoms with E-state index in [2.05, 4.69) is 4.98 Å². The fourth-order valence-corrected chi connectivity index (χ4v) is 1.86. The van der Waals surface area contributed by atoms with Crippen LogP contribution < -0.4 is 16.0 Å². The van der Waals surface area contributed by atoms with Crippen molar-refractivity contribution in [1.82, 2.24) is 9.55 Å². The Morgan fingerprint density at radius 1 is 1.38 bits per heavy atom. The molecule has 2 rings (SSSR count). The highest BCUT2D eigenvalue weighted by Crippen LogP contribution is 2.19. The number of ketones is 1. The Bertz CT molecular complexity index is 807. The number of H-pyrrole nitrogens is 1. The molecule has 0 amide bonds. The van der Waals surface area contributed by atoms with Crippen LogP contribution in [0.5, 0.6) is 5.75 Å². The number of Topliss-reactive ketones (excluding diaryl/α,β-unsaturated/α-hetero) is 1. The molecule has 21 heavy (non-hydrogen) atoms. The average Bonchev–Trinajstić information content (AvgIpc) is 2.41. The highest BCUT2D eigenvalue weighted by molar-refractivity contribution is 5.93. The lowest BCUT2D eigenvalue weighted by Crippen LogP contribution is -2.36. The summed E-state index contributed by atoms with van der Waals surface area (Å²) < 4.78 is 19.6. The smallest absolute Gasteiger partial charge is 0.333 e. The molecule has 0 spiro atoms. The second-order valence-electron chi connectivity index (χ2n) is 4.25. The van der Waals surface area contributed by atoms with E-state index in [9.17, 15) is 18.8 Å². The fraction of sp³-hybridized carbons (Fsp3) is 0.214. The maximum Gasteiger partial charge on any atom is 0.333 e. The molecule has 0 saturated carbocycles. The molecule has 0 saturated heterocycles. The SMILES string of the molecule is CCOc1ccc(-n2c(=O)[nH]cc(C(C)=O)c2=O)cc1F. The van der Waals surface area contributed by atoms with E-state index < -0.39 is 22.8 Å². The first kappa shape index (κ1) is 14.7. The number of ether oxygens (including phenoxy) is 1. The number of nitrogens with one attached hydrogen (secondary N) is 1. The fourth-order valence-electron chi connectivity index (χ4n) is 1.86. The minimum Gasteiger partial charge on any atom is -0.491 e. The van der Waals surface area contributed by atoms with E-state index in [1.165, 1.54) is 19.1 Å². The van der Waals surface area contributed by atoms with Gasteiger partial charge in [0.2, 0.25) is 0 Å². The van der Waals surface area contributed by atoms with Crippen molar-refractivity contribution in [1.29, 1.82) is 0 Å². The molecule has 2 aromatic rings. The minimum absolute atomic E-state index is 0.0188. The van der Waals surface area contributed by atoms with Crippen molar-refractivity contribution in [3.8, 4) is 11.4 Å². The number of rotatable bonds is 4. The molecular formula is C14H13FN2O4. The minimum atomic E-state index is -0.796. The lowest BCUT2D eigenvalue weighted by atomic mass is 10.2. The third-order valence-electron chi connectivity index (χ3n) is 2.83. The summed E-state index contributed by atoms with van der Waals surface area (Å²) in [6.45, 7) is 3.20. The third-order valence-corrected chi connectivity index (χ3v) is 2.83. The monoisotopic (exact) mass is 292 g/mol. The number of aromatic amines is 1. The molecule has 6 nitrogen and oxygen atoms in total. The van der Waals surface area contributed by atoms with Gasteiger partial charge in [0, 0.05) is 12.3 Å². The molecule has 7 heteroatoms. The summed E-state index contributed by atoms with van der Waals surface area (Å²) in [6, 6.07) is 3.70. The molecule has 0 aliphatic heterocycles. The van der Waals surface area contributed by atoms with Gasteiger partial charge in [0.1, 0.15) is 0 Å². The molecule has 0 unspecified atom stereocenters. The maximum atomic E-state index is 13.8. The third kappa shape index (κ3) is 2.76. The molecule has 1 aromatic heterocycles. The molecule has 1 aromatic carbocycles. The Hall–Kier alpha value is -2.70. The lowest BCUT2D eigenvalue weighted by Gasteiger charge is -2.08. The normalized spacial score (nSPS) is 10.4. The van der Waals surface area contributed by atoms with Crippen molar-refractivity contribution < 1.29 is 13.9 Å². The van der Waals surface area contributed by atoms with E-state index in [1.54, 1.807) is 6.92 Å². The predicted octanol–water partition coefficient (Wildman–Crippen LogP) is 1.27. The lowest BCUT2D eigenvalue weighted by molar-refractivity contribution is 0.101. The second kappa shape index (κ2) is 5.74. The van der Waals surface area contributed by atoms with Crippen LogP contribution in [0.3, 0.4) is 0 Å². The number of halogens is 1. The van der Waals surface area contributed by atoms with Gasteiger partial charge >= 0.3 is 5.69 Å². The molecule has 0 aliphatic rings. The topological polar surface area (TPSA) is 81.2 Å². The van der Waals surface area contributed by atoms with Crippen LogP contribution in [0.25, 0.3) is 5.69 Å². The average molecular weight is 292 g/mol. The van der Waals surface area contributed by atoms with Crippen LogP contribution >= 0.6 is 0 Å². The molecule has 1 N–H and O–H groups in total. The molecule has 0 fully saturated rings. The summed E-state index contributed by atoms with van der Waals surface area (Å²) >= 11 is 0. The summed E-state index contributed by atoms with van der Waals surface area (Å²) in [5.41, 5.74) is -1.71. The highest BCUT2D eigenvalue weighted by atomic mass is 19.1. The van der Waals surface area contributed by atoms with Crippen molar-refractivity contribution in [2.75, 3.05) is 6.61 Å². The number of aromatic nitrogens is 2. The summed E-state index contributed by atoms with van der Waals surface area (Å²) in [5.74, 6) is -1.17. The Kier molecular flexibility index (Phi) is 4.02. The van der Waals surface area contributed by atoms with Gasteiger partial charge in [0.25, 0.3) is 5.56 Å². The standard InChI is InChI=1S/C14H13FN2O4/c1-3-21-12-5-4-9(6-11(12)15)17-13(19)10(8(2)18)7-16-14(17)20/h4-7H,3H2,1-2H3,(H,16,20). The van der Waals surface area contributed by atoms with Crippen LogP contribution in [-0.4, -0.2) is 21.9 Å². The predicted molar refractivity (Wildman–Crippen MR) is 73.8 cm³/mol. The summed E-state index contributed by atoms with van der Waals surface area (Å²) in [6.07, 6.45) is 1.05. The molecule has 0 aliphatic carbocycles. The van der Waals surface area contributed by atoms with Gasteiger partial charge in [-0.15, -0.1) is 0 Å². The van der Waals surface area contributed by atoms with Gasteiger partial charge in [-0.25, -0.2) is 13.8 Å². The van der Waals surface area contributed by atoms with E-state index >= 15 is 0 Å². The van der Waals surface area contributed by atoms with Crippen molar-refractivity contribution in [3.05, 3.63) is 56.6 Å². The van der Waals surface area contributed by atoms with Crippen LogP contribution in [0, 0.1) is 5.82 Å². The van der Waals surface area contributed by atoms with Crippen molar-refractivity contribution in [2.24, 2.45) is 0 Å². The molecule has 0 radical (unpaired) electrons. The van der Waals surface area contributed by atoms with Crippen LogP contribution in [0.2, 0.25) is 0 Å². The van der Waals surface area contributed by atoms with Gasteiger partial charge in [-0.3, -0.25) is 9.59 Å². The molecule has 1 heterocycles. The van der Waals surface area contributed by atoms with Crippen molar-refractivity contribution in [2.45, 2.75) is 13.8 Å². The van der Waals surface area contributed by atoms with Gasteiger partial charge in [0.15, 0.2) is 17.3 Å². The zero-order valence-electron chi connectivity index (χ0n) is 11.5. The van der Waals surface area contributed by atoms with E-state index in [4.69, 9.17) is 4.74 Å². The number of hydrogen-bond donors (Lipinski definition) is 1. The zero-order chi connectivity index (χ0) is 15.6. The Labute approximate surface area is 118 Å². The summed E-state index contributed by atoms with van der Waals surface area (Å²) in [5, 5.41) is 0. The number of nitrogens with zero attached hydrogens (tertiary/aromatic N) is 1. The first-order valence-electron chi connectivity index (χ1n) is 6.24. The number of carbonyl (C=O) groups excluding carboxylic acids is 1. The van der Waals surface area contributed by atoms with Crippen molar-refractivity contribution in [3.63, 3.8) is 0 Å². The molecular weight excluding hydrogens is 279 g/mol. The number of carbonyl (C=O) groups is 1. The Morgan fingerprint density at radius 3 is 2.67 bits per heavy atom. The molecule has 0 atom stereocenters. The van der Waals surface area contributed by atoms with Crippen molar-refractivity contribution >= 4 is 5.78 Å². The summed E-state index contributed by atoms with van der Waals surface area (Å²) in [4.78, 5) is 37.5.